The van der Waals surface area contributed by atoms with Crippen molar-refractivity contribution in [3.05, 3.63) is 29.8 Å². The van der Waals surface area contributed by atoms with Gasteiger partial charge in [0, 0.05) is 10.8 Å². The van der Waals surface area contributed by atoms with Crippen LogP contribution in [0.4, 0.5) is 0 Å². The molecular weight excluding hydrogens is 321 g/mol. The first-order valence-electron chi connectivity index (χ1n) is 5.01. The summed E-state index contributed by atoms with van der Waals surface area (Å²) in [6.45, 7) is 2.04. The molecule has 0 saturated carbocycles. The third kappa shape index (κ3) is 2.42. The Labute approximate surface area is 106 Å². The highest BCUT2D eigenvalue weighted by atomic mass is 127. The van der Waals surface area contributed by atoms with Crippen molar-refractivity contribution in [1.82, 2.24) is 0 Å². The zero-order valence-corrected chi connectivity index (χ0v) is 11.6. The van der Waals surface area contributed by atoms with Crippen molar-refractivity contribution >= 4 is 32.7 Å². The van der Waals surface area contributed by atoms with Crippen LogP contribution in [-0.4, -0.2) is 20.8 Å². The smallest absolute Gasteiger partial charge is 0.136 e. The molecule has 2 atom stereocenters. The Kier molecular flexibility index (Phi) is 3.47. The van der Waals surface area contributed by atoms with E-state index in [9.17, 15) is 4.55 Å². The Morgan fingerprint density at radius 1 is 1.47 bits per heavy atom. The van der Waals surface area contributed by atoms with Crippen LogP contribution < -0.4 is 0 Å². The summed E-state index contributed by atoms with van der Waals surface area (Å²) < 4.78 is 17.9. The van der Waals surface area contributed by atoms with Crippen LogP contribution in [0.2, 0.25) is 0 Å². The number of alkyl halides is 1. The molecule has 1 aromatic rings. The minimum atomic E-state index is -2.09. The Morgan fingerprint density at radius 2 is 2.13 bits per heavy atom. The normalized spacial score (nSPS) is 30.2. The maximum absolute atomic E-state index is 12.5. The van der Waals surface area contributed by atoms with Crippen molar-refractivity contribution in [3.8, 4) is 0 Å². The predicted octanol–water partition coefficient (Wildman–Crippen LogP) is 3.03. The van der Waals surface area contributed by atoms with Crippen molar-refractivity contribution in [1.29, 1.82) is 0 Å². The maximum Gasteiger partial charge on any atom is 0.136 e. The number of benzene rings is 1. The predicted molar refractivity (Wildman–Crippen MR) is 72.2 cm³/mol. The van der Waals surface area contributed by atoms with Crippen LogP contribution in [0.5, 0.6) is 0 Å². The van der Waals surface area contributed by atoms with E-state index in [2.05, 4.69) is 27.0 Å². The van der Waals surface area contributed by atoms with Crippen LogP contribution in [0.25, 0.3) is 0 Å². The topological polar surface area (TPSA) is 35.4 Å². The molecule has 15 heavy (non-hydrogen) atoms. The maximum atomic E-state index is 12.5. The molecule has 1 aliphatic rings. The van der Waals surface area contributed by atoms with Crippen LogP contribution in [0.3, 0.4) is 0 Å². The van der Waals surface area contributed by atoms with Gasteiger partial charge in [0.05, 0.1) is 5.75 Å². The van der Waals surface area contributed by atoms with Crippen molar-refractivity contribution < 1.29 is 4.55 Å². The van der Waals surface area contributed by atoms with E-state index >= 15 is 0 Å². The van der Waals surface area contributed by atoms with Crippen LogP contribution in [-0.2, 0) is 10.1 Å². The lowest BCUT2D eigenvalue weighted by Gasteiger charge is -2.17. The highest BCUT2D eigenvalue weighted by Crippen LogP contribution is 2.29. The molecule has 1 aliphatic heterocycles. The Balaban J connectivity index is 2.34. The number of halogens is 1. The van der Waals surface area contributed by atoms with E-state index in [1.54, 1.807) is 0 Å². The van der Waals surface area contributed by atoms with Gasteiger partial charge in [-0.25, -0.2) is 0 Å². The van der Waals surface area contributed by atoms with Gasteiger partial charge in [0.2, 0.25) is 0 Å². The zero-order valence-electron chi connectivity index (χ0n) is 8.65. The van der Waals surface area contributed by atoms with Gasteiger partial charge in [-0.05, 0) is 29.2 Å². The minimum absolute atomic E-state index is 0.291. The summed E-state index contributed by atoms with van der Waals surface area (Å²) >= 11 is 2.31. The molecule has 0 fully saturated rings. The molecule has 0 spiro atoms. The fraction of sp³-hybridized carbons (Fsp3) is 0.455. The number of rotatable bonds is 2. The third-order valence-electron chi connectivity index (χ3n) is 2.61. The average molecular weight is 335 g/mol. The van der Waals surface area contributed by atoms with E-state index < -0.39 is 10.1 Å². The molecule has 0 radical (unpaired) electrons. The fourth-order valence-electron chi connectivity index (χ4n) is 1.68. The van der Waals surface area contributed by atoms with Crippen LogP contribution in [0.1, 0.15) is 12.0 Å². The molecule has 0 amide bonds. The van der Waals surface area contributed by atoms with Gasteiger partial charge in [-0.3, -0.25) is 0 Å². The summed E-state index contributed by atoms with van der Waals surface area (Å²) in [6, 6.07) is 8.22. The zero-order chi connectivity index (χ0) is 10.9. The van der Waals surface area contributed by atoms with Gasteiger partial charge in [0.25, 0.3) is 0 Å². The van der Waals surface area contributed by atoms with Gasteiger partial charge in [-0.1, -0.05) is 40.3 Å². The quantitative estimate of drug-likeness (QED) is 0.465. The summed E-state index contributed by atoms with van der Waals surface area (Å²) in [5, 5.41) is 0. The molecule has 2 rings (SSSR count). The lowest BCUT2D eigenvalue weighted by Crippen LogP contribution is -2.11. The number of nitrogens with zero attached hydrogens (tertiary/aromatic N) is 1. The summed E-state index contributed by atoms with van der Waals surface area (Å²) in [4.78, 5) is 0.903. The van der Waals surface area contributed by atoms with Gasteiger partial charge in [0.15, 0.2) is 0 Å². The van der Waals surface area contributed by atoms with Gasteiger partial charge in [0.1, 0.15) is 10.9 Å². The third-order valence-corrected chi connectivity index (χ3v) is 6.07. The molecule has 82 valence electrons. The summed E-state index contributed by atoms with van der Waals surface area (Å²) in [6.07, 6.45) is 0.968. The molecule has 0 N–H and O–H groups in total. The molecule has 0 aliphatic carbocycles. The van der Waals surface area contributed by atoms with Crippen molar-refractivity contribution in [2.45, 2.75) is 24.3 Å². The van der Waals surface area contributed by atoms with E-state index in [4.69, 9.17) is 0 Å². The van der Waals surface area contributed by atoms with Crippen molar-refractivity contribution in [3.63, 3.8) is 0 Å². The molecule has 1 heterocycles. The second-order valence-corrected chi connectivity index (χ2v) is 7.11. The minimum Gasteiger partial charge on any atom is -0.626 e. The molecule has 2 nitrogen and oxygen atoms in total. The van der Waals surface area contributed by atoms with Crippen molar-refractivity contribution in [2.24, 2.45) is 4.36 Å². The van der Waals surface area contributed by atoms with Gasteiger partial charge < -0.3 is 4.55 Å². The SMILES string of the molecule is Cc1ccc([S+]2([O-])=NC(CI)CC2)cc1. The van der Waals surface area contributed by atoms with Crippen LogP contribution in [0.15, 0.2) is 33.5 Å². The van der Waals surface area contributed by atoms with Crippen LogP contribution >= 0.6 is 22.6 Å². The summed E-state index contributed by atoms with van der Waals surface area (Å²) in [5.74, 6) is 0.726. The average Bonchev–Trinajstić information content (AvgIpc) is 2.62. The van der Waals surface area contributed by atoms with E-state index in [1.807, 2.05) is 31.2 Å². The second-order valence-electron chi connectivity index (χ2n) is 3.86. The molecule has 0 bridgehead atoms. The Morgan fingerprint density at radius 3 is 2.67 bits per heavy atom. The van der Waals surface area contributed by atoms with E-state index in [0.717, 1.165) is 21.5 Å². The molecule has 0 aromatic heterocycles. The first kappa shape index (κ1) is 11.5. The second kappa shape index (κ2) is 4.51. The highest BCUT2D eigenvalue weighted by molar-refractivity contribution is 14.1. The Bertz CT molecular complexity index is 402. The van der Waals surface area contributed by atoms with Crippen molar-refractivity contribution in [2.75, 3.05) is 10.2 Å². The summed E-state index contributed by atoms with van der Waals surface area (Å²) in [5.41, 5.74) is 1.20. The van der Waals surface area contributed by atoms with Gasteiger partial charge in [-0.2, -0.15) is 0 Å². The van der Waals surface area contributed by atoms with E-state index in [0.29, 0.717) is 6.04 Å². The van der Waals surface area contributed by atoms with E-state index in [1.165, 1.54) is 5.56 Å². The lowest BCUT2D eigenvalue weighted by atomic mass is 10.2. The van der Waals surface area contributed by atoms with Crippen LogP contribution in [0, 0.1) is 6.92 Å². The lowest BCUT2D eigenvalue weighted by molar-refractivity contribution is 0.587. The highest BCUT2D eigenvalue weighted by Gasteiger charge is 2.28. The largest absolute Gasteiger partial charge is 0.626 e. The molecule has 1 aromatic carbocycles. The number of hydrogen-bond acceptors (Lipinski definition) is 2. The number of aryl methyl sites for hydroxylation is 1. The molecular formula is C11H14INOS. The molecule has 4 heteroatoms. The molecule has 0 saturated heterocycles. The van der Waals surface area contributed by atoms with E-state index in [-0.39, 0.29) is 0 Å². The standard InChI is InChI=1S/C11H14INOS/c1-9-2-4-11(5-3-9)15(14)7-6-10(8-12)13-15/h2-5,10H,6-8H2,1H3. The molecule has 2 unspecified atom stereocenters. The van der Waals surface area contributed by atoms with Gasteiger partial charge >= 0.3 is 0 Å². The van der Waals surface area contributed by atoms with Gasteiger partial charge in [-0.15, -0.1) is 4.36 Å². The fourth-order valence-corrected chi connectivity index (χ4v) is 4.86. The summed E-state index contributed by atoms with van der Waals surface area (Å²) in [7, 11) is -2.09. The Hall–Kier alpha value is 0.0600. The first-order valence-corrected chi connectivity index (χ1v) is 8.22. The number of hydrogen-bond donors (Lipinski definition) is 0. The monoisotopic (exact) mass is 335 g/mol. The first-order chi connectivity index (χ1) is 7.14.